The fourth-order valence-electron chi connectivity index (χ4n) is 2.58. The third kappa shape index (κ3) is 4.27. The van der Waals surface area contributed by atoms with Crippen LogP contribution in [-0.2, 0) is 4.79 Å². The van der Waals surface area contributed by atoms with Gasteiger partial charge in [0, 0.05) is 18.7 Å². The maximum Gasteiger partial charge on any atom is 0.261 e. The summed E-state index contributed by atoms with van der Waals surface area (Å²) in [6.07, 6.45) is -0.0747. The van der Waals surface area contributed by atoms with Gasteiger partial charge in [0.1, 0.15) is 0 Å². The number of anilines is 1. The molecule has 0 atom stereocenters. The molecule has 2 aromatic rings. The van der Waals surface area contributed by atoms with Gasteiger partial charge in [-0.05, 0) is 42.5 Å². The molecule has 6 nitrogen and oxygen atoms in total. The van der Waals surface area contributed by atoms with E-state index in [-0.39, 0.29) is 18.1 Å². The number of fused-ring (bicyclic) bond motifs is 1. The van der Waals surface area contributed by atoms with Crippen LogP contribution in [0.5, 0.6) is 0 Å². The Hall–Kier alpha value is -2.48. The molecule has 2 aromatic carbocycles. The second kappa shape index (κ2) is 8.04. The van der Waals surface area contributed by atoms with Gasteiger partial charge in [-0.2, -0.15) is 0 Å². The summed E-state index contributed by atoms with van der Waals surface area (Å²) in [4.78, 5) is 37.6. The minimum Gasteiger partial charge on any atom is -0.332 e. The fourth-order valence-corrected chi connectivity index (χ4v) is 3.11. The molecule has 3 rings (SSSR count). The number of carbonyl (C=O) groups is 3. The molecule has 9 heteroatoms. The highest BCUT2D eigenvalue weighted by molar-refractivity contribution is 7.80. The SMILES string of the molecule is O=C(CCN1C(=O)c2ccccc2C1=O)NC(=S)Nc1ccc(Cl)c(Cl)c1. The maximum atomic E-state index is 12.3. The lowest BCUT2D eigenvalue weighted by Crippen LogP contribution is -2.38. The number of imide groups is 1. The van der Waals surface area contributed by atoms with E-state index < -0.39 is 17.7 Å². The van der Waals surface area contributed by atoms with E-state index in [1.807, 2.05) is 0 Å². The van der Waals surface area contributed by atoms with Crippen LogP contribution in [0.4, 0.5) is 5.69 Å². The largest absolute Gasteiger partial charge is 0.332 e. The van der Waals surface area contributed by atoms with Crippen LogP contribution >= 0.6 is 35.4 Å². The summed E-state index contributed by atoms with van der Waals surface area (Å²) in [5, 5.41) is 6.12. The van der Waals surface area contributed by atoms with E-state index in [9.17, 15) is 14.4 Å². The van der Waals surface area contributed by atoms with Gasteiger partial charge in [0.15, 0.2) is 5.11 Å². The molecule has 1 aliphatic rings. The first-order valence-electron chi connectivity index (χ1n) is 7.88. The van der Waals surface area contributed by atoms with Crippen molar-refractivity contribution in [2.24, 2.45) is 0 Å². The average Bonchev–Trinajstić information content (AvgIpc) is 2.87. The number of carbonyl (C=O) groups excluding carboxylic acids is 3. The zero-order chi connectivity index (χ0) is 19.6. The molecule has 2 N–H and O–H groups in total. The molecular weight excluding hydrogens is 409 g/mol. The molecule has 1 aliphatic heterocycles. The Labute approximate surface area is 170 Å². The third-order valence-corrected chi connectivity index (χ3v) is 4.81. The number of amides is 3. The van der Waals surface area contributed by atoms with E-state index in [2.05, 4.69) is 10.6 Å². The topological polar surface area (TPSA) is 78.5 Å². The van der Waals surface area contributed by atoms with Crippen molar-refractivity contribution < 1.29 is 14.4 Å². The summed E-state index contributed by atoms with van der Waals surface area (Å²) in [5.74, 6) is -1.23. The molecule has 0 saturated heterocycles. The van der Waals surface area contributed by atoms with E-state index in [1.165, 1.54) is 0 Å². The van der Waals surface area contributed by atoms with Crippen LogP contribution in [0.3, 0.4) is 0 Å². The van der Waals surface area contributed by atoms with Crippen molar-refractivity contribution in [1.29, 1.82) is 0 Å². The average molecular weight is 422 g/mol. The maximum absolute atomic E-state index is 12.3. The lowest BCUT2D eigenvalue weighted by Gasteiger charge is -2.14. The van der Waals surface area contributed by atoms with Gasteiger partial charge < -0.3 is 10.6 Å². The molecule has 0 fully saturated rings. The zero-order valence-corrected chi connectivity index (χ0v) is 16.1. The van der Waals surface area contributed by atoms with Gasteiger partial charge >= 0.3 is 0 Å². The summed E-state index contributed by atoms with van der Waals surface area (Å²) in [7, 11) is 0. The molecule has 0 unspecified atom stereocenters. The minimum atomic E-state index is -0.427. The Kier molecular flexibility index (Phi) is 5.74. The fraction of sp³-hybridized carbons (Fsp3) is 0.111. The van der Waals surface area contributed by atoms with E-state index in [0.717, 1.165) is 4.90 Å². The summed E-state index contributed by atoms with van der Waals surface area (Å²) in [6, 6.07) is 11.4. The van der Waals surface area contributed by atoms with E-state index >= 15 is 0 Å². The first-order chi connectivity index (χ1) is 12.9. The number of benzene rings is 2. The first-order valence-corrected chi connectivity index (χ1v) is 9.04. The molecule has 0 bridgehead atoms. The number of hydrogen-bond acceptors (Lipinski definition) is 4. The molecule has 0 saturated carbocycles. The Morgan fingerprint density at radius 1 is 1.00 bits per heavy atom. The number of nitrogens with zero attached hydrogens (tertiary/aromatic N) is 1. The number of hydrogen-bond donors (Lipinski definition) is 2. The Balaban J connectivity index is 1.53. The number of halogens is 2. The lowest BCUT2D eigenvalue weighted by atomic mass is 10.1. The quantitative estimate of drug-likeness (QED) is 0.583. The summed E-state index contributed by atoms with van der Waals surface area (Å²) in [6.45, 7) is -0.0342. The van der Waals surface area contributed by atoms with Crippen molar-refractivity contribution in [2.45, 2.75) is 6.42 Å². The number of rotatable bonds is 4. The van der Waals surface area contributed by atoms with E-state index in [0.29, 0.717) is 26.9 Å². The molecule has 138 valence electrons. The van der Waals surface area contributed by atoms with Gasteiger partial charge in [-0.1, -0.05) is 35.3 Å². The smallest absolute Gasteiger partial charge is 0.261 e. The van der Waals surface area contributed by atoms with Gasteiger partial charge in [-0.25, -0.2) is 0 Å². The van der Waals surface area contributed by atoms with Crippen LogP contribution in [0.15, 0.2) is 42.5 Å². The van der Waals surface area contributed by atoms with Gasteiger partial charge in [0.05, 0.1) is 21.2 Å². The molecule has 0 aromatic heterocycles. The van der Waals surface area contributed by atoms with Crippen LogP contribution in [0.2, 0.25) is 10.0 Å². The summed E-state index contributed by atoms with van der Waals surface area (Å²) in [5.41, 5.74) is 1.26. The van der Waals surface area contributed by atoms with Gasteiger partial charge in [0.25, 0.3) is 11.8 Å². The van der Waals surface area contributed by atoms with Crippen molar-refractivity contribution >= 4 is 63.9 Å². The highest BCUT2D eigenvalue weighted by Gasteiger charge is 2.34. The standard InChI is InChI=1S/C18H13Cl2N3O3S/c19-13-6-5-10(9-14(13)20)21-18(27)22-15(24)7-8-23-16(25)11-3-1-2-4-12(11)17(23)26/h1-6,9H,7-8H2,(H2,21,22,24,27). The normalized spacial score (nSPS) is 12.7. The molecular formula is C18H13Cl2N3O3S. The highest BCUT2D eigenvalue weighted by Crippen LogP contribution is 2.25. The van der Waals surface area contributed by atoms with Crippen molar-refractivity contribution in [3.8, 4) is 0 Å². The molecule has 1 heterocycles. The van der Waals surface area contributed by atoms with Crippen molar-refractivity contribution in [2.75, 3.05) is 11.9 Å². The lowest BCUT2D eigenvalue weighted by molar-refractivity contribution is -0.119. The van der Waals surface area contributed by atoms with Crippen molar-refractivity contribution in [1.82, 2.24) is 10.2 Å². The van der Waals surface area contributed by atoms with Gasteiger partial charge in [-0.3, -0.25) is 19.3 Å². The molecule has 0 spiro atoms. The predicted octanol–water partition coefficient (Wildman–Crippen LogP) is 3.49. The van der Waals surface area contributed by atoms with Crippen molar-refractivity contribution in [3.63, 3.8) is 0 Å². The predicted molar refractivity (Wildman–Crippen MR) is 107 cm³/mol. The number of thiocarbonyl (C=S) groups is 1. The second-order valence-electron chi connectivity index (χ2n) is 5.69. The molecule has 27 heavy (non-hydrogen) atoms. The zero-order valence-electron chi connectivity index (χ0n) is 13.8. The highest BCUT2D eigenvalue weighted by atomic mass is 35.5. The Morgan fingerprint density at radius 3 is 2.22 bits per heavy atom. The first kappa shape index (κ1) is 19.3. The molecule has 0 radical (unpaired) electrons. The van der Waals surface area contributed by atoms with Crippen LogP contribution in [-0.4, -0.2) is 34.3 Å². The van der Waals surface area contributed by atoms with Crippen LogP contribution < -0.4 is 10.6 Å². The van der Waals surface area contributed by atoms with E-state index in [4.69, 9.17) is 35.4 Å². The summed E-state index contributed by atoms with van der Waals surface area (Å²) >= 11 is 16.8. The van der Waals surface area contributed by atoms with Gasteiger partial charge in [0.2, 0.25) is 5.91 Å². The number of nitrogens with one attached hydrogen (secondary N) is 2. The van der Waals surface area contributed by atoms with Crippen molar-refractivity contribution in [3.05, 3.63) is 63.6 Å². The van der Waals surface area contributed by atoms with Gasteiger partial charge in [-0.15, -0.1) is 0 Å². The molecule has 3 amide bonds. The molecule has 0 aliphatic carbocycles. The Bertz CT molecular complexity index is 930. The van der Waals surface area contributed by atoms with E-state index in [1.54, 1.807) is 42.5 Å². The minimum absolute atomic E-state index is 0.0342. The third-order valence-electron chi connectivity index (χ3n) is 3.87. The Morgan fingerprint density at radius 2 is 1.63 bits per heavy atom. The van der Waals surface area contributed by atoms with Crippen LogP contribution in [0, 0.1) is 0 Å². The monoisotopic (exact) mass is 421 g/mol. The summed E-state index contributed by atoms with van der Waals surface area (Å²) < 4.78 is 0. The van der Waals surface area contributed by atoms with Crippen LogP contribution in [0.1, 0.15) is 27.1 Å². The van der Waals surface area contributed by atoms with Crippen LogP contribution in [0.25, 0.3) is 0 Å². The second-order valence-corrected chi connectivity index (χ2v) is 6.91.